The summed E-state index contributed by atoms with van der Waals surface area (Å²) in [6, 6.07) is 0. The van der Waals surface area contributed by atoms with E-state index in [2.05, 4.69) is 0 Å². The van der Waals surface area contributed by atoms with Crippen molar-refractivity contribution in [1.82, 2.24) is 0 Å². The van der Waals surface area contributed by atoms with E-state index in [1.807, 2.05) is 0 Å². The Morgan fingerprint density at radius 1 is 1.14 bits per heavy atom. The smallest absolute Gasteiger partial charge is 2.00 e. The van der Waals surface area contributed by atoms with Crippen LogP contribution in [-0.2, 0) is 15.9 Å². The average molecular weight is 321 g/mol. The van der Waals surface area contributed by atoms with Crippen molar-refractivity contribution in [3.05, 3.63) is 0 Å². The number of rotatable bonds is 0. The predicted molar refractivity (Wildman–Crippen MR) is 20.6 cm³/mol. The molecule has 0 aliphatic heterocycles. The van der Waals surface area contributed by atoms with Gasteiger partial charge in [-0.2, -0.15) is 8.42 Å². The number of hydrogen-bond acceptors (Lipinski definition) is 2. The molecule has 0 rings (SSSR count). The van der Waals surface area contributed by atoms with Crippen molar-refractivity contribution in [2.75, 3.05) is 0 Å². The third kappa shape index (κ3) is 270. The summed E-state index contributed by atoms with van der Waals surface area (Å²) in [6.07, 6.45) is 0. The largest absolute Gasteiger partial charge is 2.00 e. The Kier molecular flexibility index (Phi) is 11.0. The van der Waals surface area contributed by atoms with E-state index in [0.29, 0.717) is 0 Å². The van der Waals surface area contributed by atoms with Crippen molar-refractivity contribution in [2.45, 2.75) is 0 Å². The summed E-state index contributed by atoms with van der Waals surface area (Å²) in [6.45, 7) is 0. The molecule has 2 N–H and O–H groups in total. The van der Waals surface area contributed by atoms with Crippen molar-refractivity contribution in [1.29, 1.82) is 0 Å². The van der Waals surface area contributed by atoms with E-state index in [9.17, 15) is 0 Å². The minimum absolute atomic E-state index is 0. The van der Waals surface area contributed by atoms with Gasteiger partial charge in [0.2, 0.25) is 0 Å². The molecular weight excluding hydrogens is 319 g/mol. The van der Waals surface area contributed by atoms with Gasteiger partial charge in [0.15, 0.2) is 0 Å². The molecular formula is H2O5PbS. The monoisotopic (exact) mass is 322 g/mol. The van der Waals surface area contributed by atoms with E-state index >= 15 is 0 Å². The van der Waals surface area contributed by atoms with Crippen molar-refractivity contribution < 1.29 is 23.0 Å². The van der Waals surface area contributed by atoms with E-state index in [4.69, 9.17) is 17.5 Å². The summed E-state index contributed by atoms with van der Waals surface area (Å²) in [4.78, 5) is 0. The average Bonchev–Trinajstić information content (AvgIpc) is 0.722. The molecule has 0 aromatic carbocycles. The summed E-state index contributed by atoms with van der Waals surface area (Å²) in [5.74, 6) is 0. The Labute approximate surface area is 60.8 Å². The summed E-state index contributed by atoms with van der Waals surface area (Å²) >= 11 is 0. The van der Waals surface area contributed by atoms with Gasteiger partial charge in [-0.25, -0.2) is 0 Å². The maximum absolute atomic E-state index is 8.74. The Morgan fingerprint density at radius 3 is 1.14 bits per heavy atom. The first kappa shape index (κ1) is 15.7. The molecule has 0 atom stereocenters. The molecule has 0 saturated carbocycles. The maximum Gasteiger partial charge on any atom is 2.00 e. The van der Waals surface area contributed by atoms with Crippen molar-refractivity contribution in [3.8, 4) is 0 Å². The molecule has 2 radical (unpaired) electrons. The zero-order valence-corrected chi connectivity index (χ0v) is 7.73. The van der Waals surface area contributed by atoms with Crippen molar-refractivity contribution in [3.63, 3.8) is 0 Å². The van der Waals surface area contributed by atoms with Gasteiger partial charge < -0.3 is 5.48 Å². The molecule has 0 spiro atoms. The Balaban J connectivity index is -0.0000000800. The third-order valence-electron chi connectivity index (χ3n) is 0. The molecule has 7 heavy (non-hydrogen) atoms. The fraction of sp³-hybridized carbons (Fsp3) is 0. The number of hydrogen-bond donors (Lipinski definition) is 2. The maximum atomic E-state index is 8.74. The van der Waals surface area contributed by atoms with Crippen LogP contribution >= 0.6 is 0 Å². The van der Waals surface area contributed by atoms with Gasteiger partial charge in [-0.05, 0) is 0 Å². The van der Waals surface area contributed by atoms with Gasteiger partial charge in [0.05, 0.1) is 0 Å². The van der Waals surface area contributed by atoms with Crippen LogP contribution in [0.1, 0.15) is 0 Å². The van der Waals surface area contributed by atoms with Gasteiger partial charge in [0.1, 0.15) is 0 Å². The summed E-state index contributed by atoms with van der Waals surface area (Å²) in [5, 5.41) is 0. The van der Waals surface area contributed by atoms with Crippen LogP contribution in [0.4, 0.5) is 0 Å². The molecule has 0 unspecified atom stereocenters. The van der Waals surface area contributed by atoms with Crippen LogP contribution in [0.5, 0.6) is 0 Å². The molecule has 0 aromatic rings. The standard InChI is InChI=1S/H2O4S.O.Pb/c1-5(2,3)4;;/h(H2,1,2,3,4);;/q;-2;+2. The molecule has 7 heteroatoms. The minimum Gasteiger partial charge on any atom is -2.00 e. The summed E-state index contributed by atoms with van der Waals surface area (Å²) < 4.78 is 31.6. The first-order valence-corrected chi connectivity index (χ1v) is 2.10. The Hall–Kier alpha value is 0.752. The fourth-order valence-electron chi connectivity index (χ4n) is 0. The van der Waals surface area contributed by atoms with Gasteiger partial charge >= 0.3 is 37.7 Å². The molecule has 5 nitrogen and oxygen atoms in total. The van der Waals surface area contributed by atoms with Crippen LogP contribution in [0.3, 0.4) is 0 Å². The van der Waals surface area contributed by atoms with Gasteiger partial charge in [-0.1, -0.05) is 0 Å². The van der Waals surface area contributed by atoms with Gasteiger partial charge in [-0.3, -0.25) is 9.11 Å². The van der Waals surface area contributed by atoms with Gasteiger partial charge in [-0.15, -0.1) is 0 Å². The van der Waals surface area contributed by atoms with E-state index in [0.717, 1.165) is 0 Å². The van der Waals surface area contributed by atoms with Crippen molar-refractivity contribution in [2.24, 2.45) is 0 Å². The van der Waals surface area contributed by atoms with E-state index in [-0.39, 0.29) is 32.8 Å². The second-order valence-electron chi connectivity index (χ2n) is 0.448. The zero-order chi connectivity index (χ0) is 4.50. The van der Waals surface area contributed by atoms with Crippen LogP contribution in [0, 0.1) is 0 Å². The molecule has 0 amide bonds. The van der Waals surface area contributed by atoms with Crippen LogP contribution < -0.4 is 0 Å². The van der Waals surface area contributed by atoms with Crippen LogP contribution in [0.15, 0.2) is 0 Å². The van der Waals surface area contributed by atoms with E-state index in [1.165, 1.54) is 0 Å². The summed E-state index contributed by atoms with van der Waals surface area (Å²) in [5.41, 5.74) is 0. The third-order valence-corrected chi connectivity index (χ3v) is 0. The minimum atomic E-state index is -4.67. The molecule has 0 heterocycles. The van der Waals surface area contributed by atoms with E-state index in [1.54, 1.807) is 0 Å². The second-order valence-corrected chi connectivity index (χ2v) is 1.34. The normalized spacial score (nSPS) is 8.29. The summed E-state index contributed by atoms with van der Waals surface area (Å²) in [7, 11) is -4.67. The van der Waals surface area contributed by atoms with Crippen LogP contribution in [-0.4, -0.2) is 44.8 Å². The van der Waals surface area contributed by atoms with Gasteiger partial charge in [0.25, 0.3) is 0 Å². The molecule has 0 aliphatic carbocycles. The molecule has 0 aromatic heterocycles. The van der Waals surface area contributed by atoms with Crippen molar-refractivity contribution >= 4 is 37.7 Å². The van der Waals surface area contributed by atoms with E-state index < -0.39 is 10.4 Å². The Bertz CT molecular complexity index is 91.2. The quantitative estimate of drug-likeness (QED) is 0.434. The molecule has 42 valence electrons. The van der Waals surface area contributed by atoms with Crippen LogP contribution in [0.25, 0.3) is 0 Å². The Morgan fingerprint density at radius 2 is 1.14 bits per heavy atom. The SMILES string of the molecule is O=S(=O)(O)O.[O-2].[Pb+2]. The molecule has 0 fully saturated rings. The van der Waals surface area contributed by atoms with Crippen LogP contribution in [0.2, 0.25) is 0 Å². The fourth-order valence-corrected chi connectivity index (χ4v) is 0. The van der Waals surface area contributed by atoms with Gasteiger partial charge in [0, 0.05) is 0 Å². The second kappa shape index (κ2) is 4.90. The molecule has 0 saturated heterocycles. The zero-order valence-electron chi connectivity index (χ0n) is 3.03. The first-order chi connectivity index (χ1) is 2.00. The first-order valence-electron chi connectivity index (χ1n) is 0.698. The topological polar surface area (TPSA) is 103 Å². The predicted octanol–water partition coefficient (Wildman–Crippen LogP) is -1.15. The molecule has 0 aliphatic rings. The molecule has 0 bridgehead atoms.